The van der Waals surface area contributed by atoms with Crippen LogP contribution in [0.15, 0.2) is 36.4 Å². The number of aldehydes is 1. The zero-order chi connectivity index (χ0) is 12.8. The highest BCUT2D eigenvalue weighted by Crippen LogP contribution is 2.26. The van der Waals surface area contributed by atoms with Crippen LogP contribution in [-0.4, -0.2) is 18.6 Å². The second-order valence-corrected chi connectivity index (χ2v) is 4.54. The molecule has 2 aromatic rings. The Balaban J connectivity index is 2.24. The van der Waals surface area contributed by atoms with Crippen molar-refractivity contribution in [2.45, 2.75) is 12.8 Å². The molecule has 18 heavy (non-hydrogen) atoms. The third-order valence-electron chi connectivity index (χ3n) is 2.86. The van der Waals surface area contributed by atoms with Crippen LogP contribution in [0.4, 0.5) is 0 Å². The molecule has 0 aliphatic heterocycles. The number of benzene rings is 2. The third-order valence-corrected chi connectivity index (χ3v) is 3.17. The molecule has 0 saturated heterocycles. The van der Waals surface area contributed by atoms with Crippen molar-refractivity contribution < 1.29 is 9.53 Å². The van der Waals surface area contributed by atoms with E-state index in [1.54, 1.807) is 0 Å². The minimum Gasteiger partial charge on any atom is -0.493 e. The second kappa shape index (κ2) is 6.45. The fraction of sp³-hybridized carbons (Fsp3) is 0.267. The van der Waals surface area contributed by atoms with Gasteiger partial charge in [-0.05, 0) is 35.4 Å². The molecule has 0 atom stereocenters. The largest absolute Gasteiger partial charge is 0.493 e. The average Bonchev–Trinajstić information content (AvgIpc) is 2.43. The molecule has 0 amide bonds. The van der Waals surface area contributed by atoms with E-state index in [1.807, 2.05) is 36.4 Å². The summed E-state index contributed by atoms with van der Waals surface area (Å²) in [6, 6.07) is 11.7. The van der Waals surface area contributed by atoms with Gasteiger partial charge in [0.1, 0.15) is 5.75 Å². The summed E-state index contributed by atoms with van der Waals surface area (Å²) in [4.78, 5) is 11.2. The number of carbonyl (C=O) groups excluding carboxylic acids is 1. The van der Waals surface area contributed by atoms with E-state index in [4.69, 9.17) is 4.74 Å². The van der Waals surface area contributed by atoms with Gasteiger partial charge < -0.3 is 4.74 Å². The van der Waals surface area contributed by atoms with Gasteiger partial charge in [-0.2, -0.15) is 12.6 Å². The molecular formula is C15H16O2S. The smallest absolute Gasteiger partial charge is 0.154 e. The van der Waals surface area contributed by atoms with Crippen LogP contribution < -0.4 is 4.74 Å². The molecule has 0 fully saturated rings. The number of carbonyl (C=O) groups is 1. The third kappa shape index (κ3) is 2.85. The first-order valence-corrected chi connectivity index (χ1v) is 6.70. The van der Waals surface area contributed by atoms with Crippen LogP contribution in [0.5, 0.6) is 5.75 Å². The van der Waals surface area contributed by atoms with Crippen LogP contribution in [0.1, 0.15) is 23.2 Å². The molecule has 2 nitrogen and oxygen atoms in total. The predicted octanol–water partition coefficient (Wildman–Crippen LogP) is 3.74. The van der Waals surface area contributed by atoms with Gasteiger partial charge in [0.25, 0.3) is 0 Å². The van der Waals surface area contributed by atoms with Crippen molar-refractivity contribution in [1.82, 2.24) is 0 Å². The zero-order valence-corrected chi connectivity index (χ0v) is 11.0. The van der Waals surface area contributed by atoms with Crippen LogP contribution in [-0.2, 0) is 0 Å². The van der Waals surface area contributed by atoms with Gasteiger partial charge in [0.2, 0.25) is 0 Å². The summed E-state index contributed by atoms with van der Waals surface area (Å²) in [5, 5.41) is 2.00. The molecule has 94 valence electrons. The minimum atomic E-state index is 0.625. The maximum absolute atomic E-state index is 11.2. The summed E-state index contributed by atoms with van der Waals surface area (Å²) >= 11 is 4.16. The van der Waals surface area contributed by atoms with E-state index in [0.717, 1.165) is 35.7 Å². The van der Waals surface area contributed by atoms with E-state index in [2.05, 4.69) is 12.6 Å². The Bertz CT molecular complexity index is 537. The quantitative estimate of drug-likeness (QED) is 0.486. The molecule has 0 aliphatic rings. The van der Waals surface area contributed by atoms with Crippen molar-refractivity contribution in [3.05, 3.63) is 42.0 Å². The second-order valence-electron chi connectivity index (χ2n) is 4.10. The lowest BCUT2D eigenvalue weighted by molar-refractivity contribution is 0.112. The van der Waals surface area contributed by atoms with Gasteiger partial charge in [-0.15, -0.1) is 0 Å². The molecule has 3 heteroatoms. The fourth-order valence-electron chi connectivity index (χ4n) is 1.92. The first-order chi connectivity index (χ1) is 8.86. The first kappa shape index (κ1) is 13.0. The van der Waals surface area contributed by atoms with Crippen LogP contribution in [0.3, 0.4) is 0 Å². The van der Waals surface area contributed by atoms with E-state index in [1.165, 1.54) is 0 Å². The van der Waals surface area contributed by atoms with Gasteiger partial charge in [0.05, 0.1) is 12.2 Å². The summed E-state index contributed by atoms with van der Waals surface area (Å²) in [6.45, 7) is 0.625. The van der Waals surface area contributed by atoms with E-state index in [9.17, 15) is 4.79 Å². The summed E-state index contributed by atoms with van der Waals surface area (Å²) in [6.07, 6.45) is 2.85. The van der Waals surface area contributed by atoms with Crippen LogP contribution in [0.25, 0.3) is 10.8 Å². The van der Waals surface area contributed by atoms with Gasteiger partial charge in [0, 0.05) is 0 Å². The topological polar surface area (TPSA) is 26.3 Å². The fourth-order valence-corrected chi connectivity index (χ4v) is 2.14. The highest BCUT2D eigenvalue weighted by molar-refractivity contribution is 7.80. The van der Waals surface area contributed by atoms with E-state index in [-0.39, 0.29) is 0 Å². The molecule has 0 radical (unpaired) electrons. The lowest BCUT2D eigenvalue weighted by atomic mass is 10.0. The van der Waals surface area contributed by atoms with Crippen LogP contribution >= 0.6 is 12.6 Å². The number of hydrogen-bond donors (Lipinski definition) is 1. The Morgan fingerprint density at radius 1 is 1.11 bits per heavy atom. The number of unbranched alkanes of at least 4 members (excludes halogenated alkanes) is 1. The summed E-state index contributed by atoms with van der Waals surface area (Å²) in [7, 11) is 0. The van der Waals surface area contributed by atoms with Crippen molar-refractivity contribution in [3.63, 3.8) is 0 Å². The molecule has 2 aromatic carbocycles. The number of ether oxygens (including phenoxy) is 1. The number of hydrogen-bond acceptors (Lipinski definition) is 3. The van der Waals surface area contributed by atoms with Gasteiger partial charge >= 0.3 is 0 Å². The Morgan fingerprint density at radius 2 is 1.94 bits per heavy atom. The van der Waals surface area contributed by atoms with Gasteiger partial charge in [0.15, 0.2) is 6.29 Å². The van der Waals surface area contributed by atoms with E-state index >= 15 is 0 Å². The highest BCUT2D eigenvalue weighted by Gasteiger charge is 2.07. The maximum Gasteiger partial charge on any atom is 0.154 e. The summed E-state index contributed by atoms with van der Waals surface area (Å²) in [5.41, 5.74) is 0.638. The van der Waals surface area contributed by atoms with E-state index in [0.29, 0.717) is 17.9 Å². The van der Waals surface area contributed by atoms with Crippen molar-refractivity contribution >= 4 is 29.7 Å². The van der Waals surface area contributed by atoms with Crippen LogP contribution in [0, 0.1) is 0 Å². The molecule has 0 saturated carbocycles. The number of thiol groups is 1. The van der Waals surface area contributed by atoms with E-state index < -0.39 is 0 Å². The molecular weight excluding hydrogens is 244 g/mol. The number of fused-ring (bicyclic) bond motifs is 1. The zero-order valence-electron chi connectivity index (χ0n) is 10.1. The van der Waals surface area contributed by atoms with Gasteiger partial charge in [-0.1, -0.05) is 30.3 Å². The summed E-state index contributed by atoms with van der Waals surface area (Å²) < 4.78 is 5.67. The van der Waals surface area contributed by atoms with Gasteiger partial charge in [-0.3, -0.25) is 4.79 Å². The van der Waals surface area contributed by atoms with Crippen molar-refractivity contribution in [1.29, 1.82) is 0 Å². The molecule has 0 bridgehead atoms. The maximum atomic E-state index is 11.2. The minimum absolute atomic E-state index is 0.625. The monoisotopic (exact) mass is 260 g/mol. The van der Waals surface area contributed by atoms with Crippen molar-refractivity contribution in [2.24, 2.45) is 0 Å². The highest BCUT2D eigenvalue weighted by atomic mass is 32.1. The van der Waals surface area contributed by atoms with Crippen molar-refractivity contribution in [2.75, 3.05) is 12.4 Å². The Morgan fingerprint density at radius 3 is 2.72 bits per heavy atom. The molecule has 0 aromatic heterocycles. The Kier molecular flexibility index (Phi) is 4.65. The molecule has 0 spiro atoms. The number of rotatable bonds is 6. The molecule has 2 rings (SSSR count). The summed E-state index contributed by atoms with van der Waals surface area (Å²) in [5.74, 6) is 1.53. The first-order valence-electron chi connectivity index (χ1n) is 6.07. The lowest BCUT2D eigenvalue weighted by Gasteiger charge is -2.10. The lowest BCUT2D eigenvalue weighted by Crippen LogP contribution is -2.00. The molecule has 0 N–H and O–H groups in total. The molecule has 0 unspecified atom stereocenters. The van der Waals surface area contributed by atoms with Crippen LogP contribution in [0.2, 0.25) is 0 Å². The average molecular weight is 260 g/mol. The predicted molar refractivity (Wildman–Crippen MR) is 77.9 cm³/mol. The normalized spacial score (nSPS) is 10.5. The standard InChI is InChI=1S/C15H16O2S/c16-11-14-13-6-2-1-5-12(13)7-8-15(14)17-9-3-4-10-18/h1-2,5-8,11,18H,3-4,9-10H2. The Labute approximate surface area is 112 Å². The van der Waals surface area contributed by atoms with Crippen molar-refractivity contribution in [3.8, 4) is 5.75 Å². The Hall–Kier alpha value is -1.48. The molecule has 0 aliphatic carbocycles. The van der Waals surface area contributed by atoms with Gasteiger partial charge in [-0.25, -0.2) is 0 Å². The SMILES string of the molecule is O=Cc1c(OCCCCS)ccc2ccccc12. The molecule has 0 heterocycles.